The van der Waals surface area contributed by atoms with Crippen molar-refractivity contribution in [2.75, 3.05) is 25.4 Å². The average Bonchev–Trinajstić information content (AvgIpc) is 3.21. The molecule has 178 valence electrons. The third-order valence-electron chi connectivity index (χ3n) is 5.05. The average molecular weight is 465 g/mol. The molecule has 1 aliphatic heterocycles. The molecule has 1 aromatic heterocycles. The maximum Gasteiger partial charge on any atom is 0.422 e. The third kappa shape index (κ3) is 6.36. The van der Waals surface area contributed by atoms with E-state index in [1.807, 2.05) is 6.07 Å². The van der Waals surface area contributed by atoms with Gasteiger partial charge in [-0.2, -0.15) is 13.2 Å². The van der Waals surface area contributed by atoms with Crippen molar-refractivity contribution in [3.05, 3.63) is 53.2 Å². The molecule has 1 saturated heterocycles. The number of pyridine rings is 1. The highest BCUT2D eigenvalue weighted by atomic mass is 19.4. The van der Waals surface area contributed by atoms with Gasteiger partial charge >= 0.3 is 12.3 Å². The maximum absolute atomic E-state index is 13.0. The molecule has 10 heteroatoms. The molecule has 1 aliphatic rings. The minimum atomic E-state index is -4.48. The minimum Gasteiger partial charge on any atom is -0.468 e. The molecule has 33 heavy (non-hydrogen) atoms. The van der Waals surface area contributed by atoms with Crippen LogP contribution in [-0.2, 0) is 4.74 Å². The SMILES string of the molecule is CC(C)(C)OC(=O)N1CCC(c2cccc(C(=O)c3ccc(OCC(F)(F)F)nc3)c2N)C1. The summed E-state index contributed by atoms with van der Waals surface area (Å²) in [7, 11) is 0. The van der Waals surface area contributed by atoms with E-state index in [4.69, 9.17) is 10.5 Å². The van der Waals surface area contributed by atoms with Crippen LogP contribution in [0.2, 0.25) is 0 Å². The number of hydrogen-bond donors (Lipinski definition) is 1. The van der Waals surface area contributed by atoms with Gasteiger partial charge in [-0.05, 0) is 44.9 Å². The van der Waals surface area contributed by atoms with E-state index in [1.54, 1.807) is 37.8 Å². The van der Waals surface area contributed by atoms with Gasteiger partial charge in [-0.25, -0.2) is 9.78 Å². The van der Waals surface area contributed by atoms with Crippen LogP contribution in [-0.4, -0.2) is 53.2 Å². The summed E-state index contributed by atoms with van der Waals surface area (Å²) in [6.45, 7) is 4.87. The van der Waals surface area contributed by atoms with E-state index in [9.17, 15) is 22.8 Å². The Morgan fingerprint density at radius 2 is 1.91 bits per heavy atom. The molecule has 0 spiro atoms. The van der Waals surface area contributed by atoms with Crippen LogP contribution in [0.4, 0.5) is 23.7 Å². The molecule has 1 fully saturated rings. The number of nitrogen functional groups attached to an aromatic ring is 1. The minimum absolute atomic E-state index is 0.0541. The molecule has 0 bridgehead atoms. The summed E-state index contributed by atoms with van der Waals surface area (Å²) >= 11 is 0. The zero-order valence-electron chi connectivity index (χ0n) is 18.6. The van der Waals surface area contributed by atoms with Gasteiger partial charge in [0.25, 0.3) is 0 Å². The van der Waals surface area contributed by atoms with Gasteiger partial charge in [0.05, 0.1) is 0 Å². The van der Waals surface area contributed by atoms with Crippen LogP contribution < -0.4 is 10.5 Å². The van der Waals surface area contributed by atoms with Crippen LogP contribution in [0.3, 0.4) is 0 Å². The van der Waals surface area contributed by atoms with Crippen LogP contribution in [0.5, 0.6) is 5.88 Å². The predicted octanol–water partition coefficient (Wildman–Crippen LogP) is 4.56. The standard InChI is InChI=1S/C23H26F3N3O4/c1-22(2,3)33-21(31)29-10-9-15(12-29)16-5-4-6-17(19(16)27)20(30)14-7-8-18(28-11-14)32-13-23(24,25)26/h4-8,11,15H,9-10,12-13,27H2,1-3H3. The highest BCUT2D eigenvalue weighted by Gasteiger charge is 2.32. The Labute approximate surface area is 189 Å². The fourth-order valence-electron chi connectivity index (χ4n) is 3.55. The molecule has 2 N–H and O–H groups in total. The second-order valence-corrected chi connectivity index (χ2v) is 8.84. The van der Waals surface area contributed by atoms with E-state index in [0.717, 1.165) is 11.8 Å². The summed E-state index contributed by atoms with van der Waals surface area (Å²) in [6.07, 6.45) is -3.05. The number of amides is 1. The van der Waals surface area contributed by atoms with Crippen molar-refractivity contribution in [2.24, 2.45) is 0 Å². The third-order valence-corrected chi connectivity index (χ3v) is 5.05. The number of nitrogens with two attached hydrogens (primary N) is 1. The number of rotatable bonds is 5. The smallest absolute Gasteiger partial charge is 0.422 e. The number of anilines is 1. The van der Waals surface area contributed by atoms with Gasteiger partial charge in [0.15, 0.2) is 12.4 Å². The normalized spacial score (nSPS) is 16.5. The number of likely N-dealkylation sites (tertiary alicyclic amines) is 1. The zero-order valence-corrected chi connectivity index (χ0v) is 18.6. The van der Waals surface area contributed by atoms with E-state index in [0.29, 0.717) is 25.2 Å². The second-order valence-electron chi connectivity index (χ2n) is 8.84. The molecule has 0 aliphatic carbocycles. The van der Waals surface area contributed by atoms with Crippen molar-refractivity contribution in [1.29, 1.82) is 0 Å². The Morgan fingerprint density at radius 3 is 2.52 bits per heavy atom. The Kier molecular flexibility index (Phi) is 6.85. The number of alkyl halides is 3. The maximum atomic E-state index is 13.0. The van der Waals surface area contributed by atoms with Crippen LogP contribution in [0, 0.1) is 0 Å². The van der Waals surface area contributed by atoms with Gasteiger partial charge in [-0.3, -0.25) is 4.79 Å². The highest BCUT2D eigenvalue weighted by molar-refractivity contribution is 6.12. The number of nitrogens with zero attached hydrogens (tertiary/aromatic N) is 2. The second kappa shape index (κ2) is 9.29. The van der Waals surface area contributed by atoms with Crippen molar-refractivity contribution >= 4 is 17.6 Å². The molecule has 0 radical (unpaired) electrons. The lowest BCUT2D eigenvalue weighted by Gasteiger charge is -2.24. The van der Waals surface area contributed by atoms with Gasteiger partial charge < -0.3 is 20.1 Å². The quantitative estimate of drug-likeness (QED) is 0.514. The van der Waals surface area contributed by atoms with Gasteiger partial charge in [-0.15, -0.1) is 0 Å². The van der Waals surface area contributed by atoms with Crippen molar-refractivity contribution in [1.82, 2.24) is 9.88 Å². The molecule has 2 aromatic rings. The topological polar surface area (TPSA) is 94.8 Å². The summed E-state index contributed by atoms with van der Waals surface area (Å²) in [4.78, 5) is 30.7. The molecule has 1 atom stereocenters. The first-order chi connectivity index (χ1) is 15.3. The summed E-state index contributed by atoms with van der Waals surface area (Å²) in [6, 6.07) is 7.66. The molecule has 1 unspecified atom stereocenters. The van der Waals surface area contributed by atoms with E-state index >= 15 is 0 Å². The number of aromatic nitrogens is 1. The Hall–Kier alpha value is -3.30. The largest absolute Gasteiger partial charge is 0.468 e. The first-order valence-corrected chi connectivity index (χ1v) is 10.4. The van der Waals surface area contributed by atoms with Gasteiger partial charge in [-0.1, -0.05) is 12.1 Å². The monoisotopic (exact) mass is 465 g/mol. The van der Waals surface area contributed by atoms with E-state index in [-0.39, 0.29) is 22.9 Å². The van der Waals surface area contributed by atoms with Crippen LogP contribution in [0.25, 0.3) is 0 Å². The number of carbonyl (C=O) groups is 2. The van der Waals surface area contributed by atoms with Crippen molar-refractivity contribution in [2.45, 2.75) is 44.9 Å². The molecule has 1 amide bonds. The molecule has 2 heterocycles. The van der Waals surface area contributed by atoms with E-state index < -0.39 is 30.3 Å². The molecular weight excluding hydrogens is 439 g/mol. The number of carbonyl (C=O) groups excluding carboxylic acids is 2. The molecule has 1 aromatic carbocycles. The number of halogens is 3. The summed E-state index contributed by atoms with van der Waals surface area (Å²) in [5, 5.41) is 0. The summed E-state index contributed by atoms with van der Waals surface area (Å²) < 4.78 is 46.8. The van der Waals surface area contributed by atoms with Gasteiger partial charge in [0.2, 0.25) is 5.88 Å². The van der Waals surface area contributed by atoms with Crippen LogP contribution in [0.15, 0.2) is 36.5 Å². The number of hydrogen-bond acceptors (Lipinski definition) is 6. The number of ether oxygens (including phenoxy) is 2. The van der Waals surface area contributed by atoms with Crippen molar-refractivity contribution in [3.8, 4) is 5.88 Å². The van der Waals surface area contributed by atoms with E-state index in [2.05, 4.69) is 9.72 Å². The Bertz CT molecular complexity index is 1020. The fraction of sp³-hybridized carbons (Fsp3) is 0.435. The lowest BCUT2D eigenvalue weighted by molar-refractivity contribution is -0.154. The van der Waals surface area contributed by atoms with Gasteiger partial charge in [0.1, 0.15) is 5.60 Å². The molecule has 3 rings (SSSR count). The number of benzene rings is 1. The number of ketones is 1. The lowest BCUT2D eigenvalue weighted by atomic mass is 9.92. The van der Waals surface area contributed by atoms with Crippen molar-refractivity contribution in [3.63, 3.8) is 0 Å². The van der Waals surface area contributed by atoms with Gasteiger partial charge in [0, 0.05) is 48.1 Å². The Morgan fingerprint density at radius 1 is 1.18 bits per heavy atom. The van der Waals surface area contributed by atoms with Crippen LogP contribution in [0.1, 0.15) is 54.6 Å². The first-order valence-electron chi connectivity index (χ1n) is 10.4. The molecule has 7 nitrogen and oxygen atoms in total. The highest BCUT2D eigenvalue weighted by Crippen LogP contribution is 2.34. The van der Waals surface area contributed by atoms with Crippen LogP contribution >= 0.6 is 0 Å². The summed E-state index contributed by atoms with van der Waals surface area (Å²) in [5.41, 5.74) is 7.21. The first kappa shape index (κ1) is 24.3. The molecular formula is C23H26F3N3O4. The van der Waals surface area contributed by atoms with Crippen molar-refractivity contribution < 1.29 is 32.2 Å². The predicted molar refractivity (Wildman–Crippen MR) is 115 cm³/mol. The number of para-hydroxylation sites is 1. The molecule has 0 saturated carbocycles. The lowest BCUT2D eigenvalue weighted by Crippen LogP contribution is -2.35. The summed E-state index contributed by atoms with van der Waals surface area (Å²) in [5.74, 6) is -0.702. The fourth-order valence-corrected chi connectivity index (χ4v) is 3.55. The zero-order chi connectivity index (χ0) is 24.4. The Balaban J connectivity index is 1.72. The van der Waals surface area contributed by atoms with E-state index in [1.165, 1.54) is 12.1 Å².